The molecule has 2 aromatic carbocycles. The minimum Gasteiger partial charge on any atom is -0.422 e. The number of β-amino-alcohol motifs (C(OH)–C–C–N with tert-alkyl or cyclic N) is 1. The number of rotatable bonds is 3. The Labute approximate surface area is 174 Å². The lowest BCUT2D eigenvalue weighted by Crippen LogP contribution is -2.41. The molecule has 0 spiro atoms. The summed E-state index contributed by atoms with van der Waals surface area (Å²) in [6, 6.07) is 16.2. The van der Waals surface area contributed by atoms with Gasteiger partial charge in [-0.25, -0.2) is 4.79 Å². The van der Waals surface area contributed by atoms with E-state index in [1.165, 1.54) is 0 Å². The second-order valence-corrected chi connectivity index (χ2v) is 8.15. The molecule has 30 heavy (non-hydrogen) atoms. The van der Waals surface area contributed by atoms with Crippen LogP contribution in [0.15, 0.2) is 63.8 Å². The number of fused-ring (bicyclic) bond motifs is 1. The molecular formula is C24H24N2O4. The van der Waals surface area contributed by atoms with Crippen molar-refractivity contribution in [3.63, 3.8) is 0 Å². The fourth-order valence-electron chi connectivity index (χ4n) is 4.63. The van der Waals surface area contributed by atoms with E-state index in [1.807, 2.05) is 24.3 Å². The summed E-state index contributed by atoms with van der Waals surface area (Å²) in [5, 5.41) is 11.3. The molecule has 0 saturated carbocycles. The third-order valence-electron chi connectivity index (χ3n) is 6.22. The molecule has 0 aliphatic carbocycles. The van der Waals surface area contributed by atoms with Crippen molar-refractivity contribution < 1.29 is 14.3 Å². The smallest absolute Gasteiger partial charge is 0.344 e. The van der Waals surface area contributed by atoms with Gasteiger partial charge in [0.15, 0.2) is 0 Å². The predicted molar refractivity (Wildman–Crippen MR) is 114 cm³/mol. The number of hydrogen-bond donors (Lipinski definition) is 1. The molecule has 6 nitrogen and oxygen atoms in total. The fraction of sp³-hybridized carbons (Fsp3) is 0.333. The molecule has 2 aliphatic heterocycles. The van der Waals surface area contributed by atoms with Gasteiger partial charge in [0.25, 0.3) is 5.91 Å². The maximum absolute atomic E-state index is 13.1. The van der Waals surface area contributed by atoms with Crippen molar-refractivity contribution in [2.45, 2.75) is 25.0 Å². The number of carbonyl (C=O) groups excluding carboxylic acids is 1. The van der Waals surface area contributed by atoms with Gasteiger partial charge < -0.3 is 14.4 Å². The molecule has 1 amide bonds. The second kappa shape index (κ2) is 7.70. The summed E-state index contributed by atoms with van der Waals surface area (Å²) in [4.78, 5) is 29.6. The first kappa shape index (κ1) is 19.0. The molecule has 154 valence electrons. The Morgan fingerprint density at radius 1 is 1.00 bits per heavy atom. The maximum atomic E-state index is 13.1. The van der Waals surface area contributed by atoms with Crippen LogP contribution in [0.25, 0.3) is 22.1 Å². The summed E-state index contributed by atoms with van der Waals surface area (Å²) in [6.45, 7) is 2.83. The Morgan fingerprint density at radius 2 is 1.80 bits per heavy atom. The average molecular weight is 404 g/mol. The number of hydrogen-bond acceptors (Lipinski definition) is 5. The maximum Gasteiger partial charge on any atom is 0.344 e. The van der Waals surface area contributed by atoms with E-state index in [1.54, 1.807) is 35.2 Å². The zero-order chi connectivity index (χ0) is 20.7. The molecule has 2 fully saturated rings. The van der Waals surface area contributed by atoms with Crippen LogP contribution in [0.1, 0.15) is 23.2 Å². The van der Waals surface area contributed by atoms with Crippen LogP contribution in [0.2, 0.25) is 0 Å². The Morgan fingerprint density at radius 3 is 2.63 bits per heavy atom. The zero-order valence-corrected chi connectivity index (χ0v) is 16.7. The van der Waals surface area contributed by atoms with Crippen molar-refractivity contribution >= 4 is 16.9 Å². The van der Waals surface area contributed by atoms with Crippen LogP contribution in [-0.4, -0.2) is 59.1 Å². The fourth-order valence-corrected chi connectivity index (χ4v) is 4.63. The highest BCUT2D eigenvalue weighted by molar-refractivity contribution is 5.96. The van der Waals surface area contributed by atoms with Gasteiger partial charge in [0, 0.05) is 24.0 Å². The summed E-state index contributed by atoms with van der Waals surface area (Å²) in [5.74, 6) is -0.122. The average Bonchev–Trinajstić information content (AvgIpc) is 3.42. The van der Waals surface area contributed by atoms with Crippen LogP contribution in [0, 0.1) is 0 Å². The van der Waals surface area contributed by atoms with Crippen molar-refractivity contribution in [2.24, 2.45) is 0 Å². The Kier molecular flexibility index (Phi) is 4.89. The quantitative estimate of drug-likeness (QED) is 0.680. The van der Waals surface area contributed by atoms with Gasteiger partial charge in [-0.3, -0.25) is 9.69 Å². The summed E-state index contributed by atoms with van der Waals surface area (Å²) < 4.78 is 5.44. The summed E-state index contributed by atoms with van der Waals surface area (Å²) in [6.07, 6.45) is 1.77. The second-order valence-electron chi connectivity index (χ2n) is 8.15. The van der Waals surface area contributed by atoms with Crippen LogP contribution in [0.5, 0.6) is 0 Å². The van der Waals surface area contributed by atoms with Crippen molar-refractivity contribution in [1.82, 2.24) is 9.80 Å². The molecular weight excluding hydrogens is 380 g/mol. The standard InChI is InChI=1S/C24H24N2O4/c27-21-15-26(14-20(21)25-10-3-4-11-25)23(28)18-8-5-7-16(12-18)19-13-17-6-1-2-9-22(17)30-24(19)29/h1-2,5-9,12-13,20-21,27H,3-4,10-11,14-15H2/t20-,21-/m0/s1. The van der Waals surface area contributed by atoms with E-state index in [4.69, 9.17) is 4.42 Å². The van der Waals surface area contributed by atoms with Crippen LogP contribution >= 0.6 is 0 Å². The minimum atomic E-state index is -0.525. The predicted octanol–water partition coefficient (Wildman–Crippen LogP) is 2.74. The number of likely N-dealkylation sites (tertiary alicyclic amines) is 2. The van der Waals surface area contributed by atoms with Gasteiger partial charge in [-0.05, 0) is 55.8 Å². The zero-order valence-electron chi connectivity index (χ0n) is 16.7. The highest BCUT2D eigenvalue weighted by Crippen LogP contribution is 2.25. The molecule has 2 aliphatic rings. The Balaban J connectivity index is 1.42. The number of amides is 1. The van der Waals surface area contributed by atoms with Gasteiger partial charge in [0.1, 0.15) is 5.58 Å². The molecule has 1 aromatic heterocycles. The number of aliphatic hydroxyl groups excluding tert-OH is 1. The summed E-state index contributed by atoms with van der Waals surface area (Å²) in [7, 11) is 0. The van der Waals surface area contributed by atoms with E-state index >= 15 is 0 Å². The number of carbonyl (C=O) groups is 1. The first-order valence-corrected chi connectivity index (χ1v) is 10.4. The van der Waals surface area contributed by atoms with Gasteiger partial charge in [0.05, 0.1) is 17.7 Å². The molecule has 6 heteroatoms. The van der Waals surface area contributed by atoms with Crippen LogP contribution in [0.4, 0.5) is 0 Å². The van der Waals surface area contributed by atoms with Crippen molar-refractivity contribution in [3.8, 4) is 11.1 Å². The van der Waals surface area contributed by atoms with Crippen LogP contribution in [-0.2, 0) is 0 Å². The first-order chi connectivity index (χ1) is 14.6. The number of aliphatic hydroxyl groups is 1. The molecule has 0 bridgehead atoms. The lowest BCUT2D eigenvalue weighted by molar-refractivity contribution is 0.0763. The van der Waals surface area contributed by atoms with Gasteiger partial charge in [-0.15, -0.1) is 0 Å². The lowest BCUT2D eigenvalue weighted by atomic mass is 10.0. The Hall–Kier alpha value is -2.96. The highest BCUT2D eigenvalue weighted by Gasteiger charge is 2.38. The number of benzene rings is 2. The highest BCUT2D eigenvalue weighted by atomic mass is 16.4. The minimum absolute atomic E-state index is 0.00663. The molecule has 5 rings (SSSR count). The molecule has 0 unspecified atom stereocenters. The third-order valence-corrected chi connectivity index (χ3v) is 6.22. The van der Waals surface area contributed by atoms with Gasteiger partial charge in [-0.1, -0.05) is 30.3 Å². The molecule has 3 heterocycles. The van der Waals surface area contributed by atoms with E-state index in [0.717, 1.165) is 31.3 Å². The van der Waals surface area contributed by atoms with Gasteiger partial charge in [-0.2, -0.15) is 0 Å². The van der Waals surface area contributed by atoms with Crippen molar-refractivity contribution in [3.05, 3.63) is 70.6 Å². The van der Waals surface area contributed by atoms with E-state index in [9.17, 15) is 14.7 Å². The SMILES string of the molecule is O=C(c1cccc(-c2cc3ccccc3oc2=O)c1)N1C[C@H](O)[C@@H](N2CCCC2)C1. The number of nitrogens with zero attached hydrogens (tertiary/aromatic N) is 2. The van der Waals surface area contributed by atoms with Crippen molar-refractivity contribution in [1.29, 1.82) is 0 Å². The molecule has 2 atom stereocenters. The van der Waals surface area contributed by atoms with Gasteiger partial charge >= 0.3 is 5.63 Å². The topological polar surface area (TPSA) is 74.0 Å². The monoisotopic (exact) mass is 404 g/mol. The van der Waals surface area contributed by atoms with Gasteiger partial charge in [0.2, 0.25) is 0 Å². The van der Waals surface area contributed by atoms with E-state index in [0.29, 0.717) is 35.4 Å². The normalized spacial score (nSPS) is 22.1. The summed E-state index contributed by atoms with van der Waals surface area (Å²) in [5.41, 5.74) is 1.70. The lowest BCUT2D eigenvalue weighted by Gasteiger charge is -2.25. The number of para-hydroxylation sites is 1. The Bertz CT molecular complexity index is 1150. The van der Waals surface area contributed by atoms with Crippen LogP contribution in [0.3, 0.4) is 0 Å². The van der Waals surface area contributed by atoms with E-state index in [-0.39, 0.29) is 11.9 Å². The first-order valence-electron chi connectivity index (χ1n) is 10.4. The molecule has 3 aromatic rings. The van der Waals surface area contributed by atoms with E-state index in [2.05, 4.69) is 4.90 Å². The summed E-state index contributed by atoms with van der Waals surface area (Å²) >= 11 is 0. The molecule has 0 radical (unpaired) electrons. The largest absolute Gasteiger partial charge is 0.422 e. The van der Waals surface area contributed by atoms with Crippen molar-refractivity contribution in [2.75, 3.05) is 26.2 Å². The van der Waals surface area contributed by atoms with Crippen LogP contribution < -0.4 is 5.63 Å². The third kappa shape index (κ3) is 3.42. The molecule has 1 N–H and O–H groups in total. The van der Waals surface area contributed by atoms with E-state index < -0.39 is 11.7 Å². The molecule has 2 saturated heterocycles.